The van der Waals surface area contributed by atoms with E-state index in [1.807, 2.05) is 6.08 Å². The Hall–Kier alpha value is -1.34. The third kappa shape index (κ3) is 5.33. The van der Waals surface area contributed by atoms with Gasteiger partial charge in [0.05, 0.1) is 0 Å². The molecule has 18 heavy (non-hydrogen) atoms. The van der Waals surface area contributed by atoms with Crippen LogP contribution in [-0.2, 0) is 6.42 Å². The van der Waals surface area contributed by atoms with Gasteiger partial charge in [0.2, 0.25) is 0 Å². The lowest BCUT2D eigenvalue weighted by Crippen LogP contribution is -2.34. The maximum absolute atomic E-state index is 3.91. The van der Waals surface area contributed by atoms with E-state index in [0.717, 1.165) is 19.4 Å². The van der Waals surface area contributed by atoms with Crippen LogP contribution in [0.2, 0.25) is 0 Å². The van der Waals surface area contributed by atoms with Crippen molar-refractivity contribution in [2.45, 2.75) is 32.7 Å². The summed E-state index contributed by atoms with van der Waals surface area (Å²) in [6.45, 7) is 9.13. The molecular weight excluding hydrogens is 218 g/mol. The molecule has 1 heteroatoms. The molecule has 1 rings (SSSR count). The molecule has 0 saturated carbocycles. The molecule has 1 nitrogen and oxygen atoms in total. The van der Waals surface area contributed by atoms with Crippen molar-refractivity contribution < 1.29 is 0 Å². The van der Waals surface area contributed by atoms with E-state index >= 15 is 0 Å². The van der Waals surface area contributed by atoms with Gasteiger partial charge in [-0.3, -0.25) is 0 Å². The number of hydrogen-bond acceptors (Lipinski definition) is 1. The smallest absolute Gasteiger partial charge is 0.0137 e. The van der Waals surface area contributed by atoms with Crippen LogP contribution in [0.4, 0.5) is 0 Å². The van der Waals surface area contributed by atoms with Crippen molar-refractivity contribution in [1.29, 1.82) is 0 Å². The second kappa shape index (κ2) is 8.71. The fourth-order valence-corrected chi connectivity index (χ4v) is 2.02. The summed E-state index contributed by atoms with van der Waals surface area (Å²) in [6.07, 6.45) is 8.55. The number of rotatable bonds is 8. The first-order chi connectivity index (χ1) is 8.77. The Labute approximate surface area is 112 Å². The maximum Gasteiger partial charge on any atom is 0.0137 e. The van der Waals surface area contributed by atoms with Crippen LogP contribution in [0.3, 0.4) is 0 Å². The van der Waals surface area contributed by atoms with Crippen molar-refractivity contribution >= 4 is 0 Å². The van der Waals surface area contributed by atoms with Crippen LogP contribution in [0.5, 0.6) is 0 Å². The number of aryl methyl sites for hydroxylation is 1. The predicted molar refractivity (Wildman–Crippen MR) is 80.7 cm³/mol. The normalized spacial score (nSPS) is 14.6. The van der Waals surface area contributed by atoms with Crippen LogP contribution in [0, 0.1) is 5.92 Å². The lowest BCUT2D eigenvalue weighted by molar-refractivity contribution is 0.421. The summed E-state index contributed by atoms with van der Waals surface area (Å²) in [4.78, 5) is 0. The first-order valence-electron chi connectivity index (χ1n) is 6.79. The Morgan fingerprint density at radius 1 is 1.28 bits per heavy atom. The monoisotopic (exact) mass is 243 g/mol. The Morgan fingerprint density at radius 3 is 2.61 bits per heavy atom. The molecule has 0 saturated heterocycles. The zero-order valence-corrected chi connectivity index (χ0v) is 11.6. The van der Waals surface area contributed by atoms with Gasteiger partial charge in [-0.15, -0.1) is 6.58 Å². The van der Waals surface area contributed by atoms with Crippen LogP contribution in [0.1, 0.15) is 25.8 Å². The average Bonchev–Trinajstić information content (AvgIpc) is 2.43. The largest absolute Gasteiger partial charge is 0.310 e. The minimum absolute atomic E-state index is 0.499. The Kier molecular flexibility index (Phi) is 7.12. The van der Waals surface area contributed by atoms with Crippen molar-refractivity contribution in [3.05, 3.63) is 60.7 Å². The second-order valence-electron chi connectivity index (χ2n) is 4.70. The molecule has 0 amide bonds. The standard InChI is InChI=1S/C17H25N/c1-4-6-14-18-17(15(3)5-2)13-12-16-10-8-7-9-11-16/h4-11,15,17-18H,2,12-14H2,1,3H3/b6-4+. The van der Waals surface area contributed by atoms with E-state index in [2.05, 4.69) is 68.2 Å². The number of benzene rings is 1. The molecule has 0 aliphatic rings. The zero-order valence-electron chi connectivity index (χ0n) is 11.6. The van der Waals surface area contributed by atoms with Gasteiger partial charge in [-0.05, 0) is 31.2 Å². The molecule has 98 valence electrons. The molecule has 2 unspecified atom stereocenters. The minimum atomic E-state index is 0.499. The first-order valence-corrected chi connectivity index (χ1v) is 6.79. The van der Waals surface area contributed by atoms with E-state index in [9.17, 15) is 0 Å². The third-order valence-electron chi connectivity index (χ3n) is 3.33. The maximum atomic E-state index is 3.91. The van der Waals surface area contributed by atoms with Crippen LogP contribution in [-0.4, -0.2) is 12.6 Å². The molecule has 1 N–H and O–H groups in total. The van der Waals surface area contributed by atoms with E-state index < -0.39 is 0 Å². The highest BCUT2D eigenvalue weighted by molar-refractivity contribution is 5.15. The van der Waals surface area contributed by atoms with E-state index in [4.69, 9.17) is 0 Å². The third-order valence-corrected chi connectivity index (χ3v) is 3.33. The zero-order chi connectivity index (χ0) is 13.2. The number of nitrogens with one attached hydrogen (secondary N) is 1. The average molecular weight is 243 g/mol. The van der Waals surface area contributed by atoms with Gasteiger partial charge in [-0.25, -0.2) is 0 Å². The molecule has 0 aliphatic carbocycles. The van der Waals surface area contributed by atoms with E-state index in [1.165, 1.54) is 5.56 Å². The molecule has 1 aromatic rings. The minimum Gasteiger partial charge on any atom is -0.310 e. The van der Waals surface area contributed by atoms with Crippen LogP contribution in [0.25, 0.3) is 0 Å². The molecular formula is C17H25N. The van der Waals surface area contributed by atoms with Gasteiger partial charge in [0.1, 0.15) is 0 Å². The van der Waals surface area contributed by atoms with Gasteiger partial charge in [0, 0.05) is 12.6 Å². The van der Waals surface area contributed by atoms with Gasteiger partial charge in [0.15, 0.2) is 0 Å². The quantitative estimate of drug-likeness (QED) is 0.681. The summed E-state index contributed by atoms with van der Waals surface area (Å²) in [5, 5.41) is 3.58. The van der Waals surface area contributed by atoms with Gasteiger partial charge in [0.25, 0.3) is 0 Å². The van der Waals surface area contributed by atoms with Gasteiger partial charge in [-0.2, -0.15) is 0 Å². The molecule has 1 aromatic carbocycles. The predicted octanol–water partition coefficient (Wildman–Crippen LogP) is 3.98. The van der Waals surface area contributed by atoms with E-state index in [1.54, 1.807) is 0 Å². The molecule has 0 fully saturated rings. The van der Waals surface area contributed by atoms with Crippen molar-refractivity contribution in [2.75, 3.05) is 6.54 Å². The fourth-order valence-electron chi connectivity index (χ4n) is 2.02. The van der Waals surface area contributed by atoms with Crippen molar-refractivity contribution in [3.8, 4) is 0 Å². The summed E-state index contributed by atoms with van der Waals surface area (Å²) in [5.74, 6) is 0.499. The summed E-state index contributed by atoms with van der Waals surface area (Å²) in [7, 11) is 0. The lowest BCUT2D eigenvalue weighted by atomic mass is 9.95. The fraction of sp³-hybridized carbons (Fsp3) is 0.412. The Morgan fingerprint density at radius 2 is 2.00 bits per heavy atom. The molecule has 0 aromatic heterocycles. The number of allylic oxidation sites excluding steroid dienone is 1. The van der Waals surface area contributed by atoms with Crippen molar-refractivity contribution in [1.82, 2.24) is 5.32 Å². The summed E-state index contributed by atoms with van der Waals surface area (Å²) >= 11 is 0. The van der Waals surface area contributed by atoms with E-state index in [-0.39, 0.29) is 0 Å². The highest BCUT2D eigenvalue weighted by Gasteiger charge is 2.13. The molecule has 0 bridgehead atoms. The van der Waals surface area contributed by atoms with Crippen LogP contribution in [0.15, 0.2) is 55.1 Å². The highest BCUT2D eigenvalue weighted by Crippen LogP contribution is 2.12. The molecule has 0 heterocycles. The number of hydrogen-bond donors (Lipinski definition) is 1. The topological polar surface area (TPSA) is 12.0 Å². The van der Waals surface area contributed by atoms with E-state index in [0.29, 0.717) is 12.0 Å². The van der Waals surface area contributed by atoms with Crippen LogP contribution < -0.4 is 5.32 Å². The highest BCUT2D eigenvalue weighted by atomic mass is 14.9. The van der Waals surface area contributed by atoms with Gasteiger partial charge < -0.3 is 5.32 Å². The summed E-state index contributed by atoms with van der Waals surface area (Å²) in [6, 6.07) is 11.2. The molecule has 0 radical (unpaired) electrons. The van der Waals surface area contributed by atoms with Crippen LogP contribution >= 0.6 is 0 Å². The summed E-state index contributed by atoms with van der Waals surface area (Å²) in [5.41, 5.74) is 1.41. The molecule has 2 atom stereocenters. The first kappa shape index (κ1) is 14.7. The van der Waals surface area contributed by atoms with Gasteiger partial charge in [-0.1, -0.05) is 55.5 Å². The summed E-state index contributed by atoms with van der Waals surface area (Å²) < 4.78 is 0. The van der Waals surface area contributed by atoms with Crippen molar-refractivity contribution in [3.63, 3.8) is 0 Å². The molecule has 0 aliphatic heterocycles. The Bertz CT molecular complexity index is 353. The Balaban J connectivity index is 2.47. The SMILES string of the molecule is C=CC(C)C(CCc1ccccc1)NC/C=C/C. The van der Waals surface area contributed by atoms with Crippen molar-refractivity contribution in [2.24, 2.45) is 5.92 Å². The van der Waals surface area contributed by atoms with Gasteiger partial charge >= 0.3 is 0 Å². The molecule has 0 spiro atoms. The second-order valence-corrected chi connectivity index (χ2v) is 4.70. The lowest BCUT2D eigenvalue weighted by Gasteiger charge is -2.22.